The van der Waals surface area contributed by atoms with Crippen LogP contribution in [-0.4, -0.2) is 46.9 Å². The van der Waals surface area contributed by atoms with Gasteiger partial charge in [0, 0.05) is 45.3 Å². The number of likely N-dealkylation sites (N-methyl/N-ethyl adjacent to an activating group) is 1. The van der Waals surface area contributed by atoms with Gasteiger partial charge in [-0.15, -0.1) is 0 Å². The maximum atomic E-state index is 13.0. The van der Waals surface area contributed by atoms with Crippen LogP contribution in [0.1, 0.15) is 24.1 Å². The summed E-state index contributed by atoms with van der Waals surface area (Å²) in [6.45, 7) is 2.33. The van der Waals surface area contributed by atoms with Crippen LogP contribution >= 0.6 is 0 Å². The quantitative estimate of drug-likeness (QED) is 0.661. The zero-order chi connectivity index (χ0) is 20.1. The molecule has 0 aliphatic carbocycles. The lowest BCUT2D eigenvalue weighted by molar-refractivity contribution is -0.131. The van der Waals surface area contributed by atoms with Crippen molar-refractivity contribution < 1.29 is 4.79 Å². The molecule has 144 valence electrons. The molecule has 2 aromatic heterocycles. The van der Waals surface area contributed by atoms with E-state index in [1.807, 2.05) is 81.6 Å². The monoisotopic (exact) mass is 375 g/mol. The van der Waals surface area contributed by atoms with Crippen molar-refractivity contribution >= 4 is 11.9 Å². The Morgan fingerprint density at radius 2 is 1.71 bits per heavy atom. The molecule has 0 bridgehead atoms. The Bertz CT molecular complexity index is 928. The lowest BCUT2D eigenvalue weighted by Gasteiger charge is -2.23. The van der Waals surface area contributed by atoms with Crippen molar-refractivity contribution in [3.05, 3.63) is 72.3 Å². The number of hydrogen-bond donors (Lipinski definition) is 0. The Balaban J connectivity index is 1.89. The molecule has 1 unspecified atom stereocenters. The van der Waals surface area contributed by atoms with E-state index in [0.717, 1.165) is 22.4 Å². The number of anilines is 1. The first kappa shape index (κ1) is 19.5. The number of rotatable bonds is 6. The largest absolute Gasteiger partial charge is 0.347 e. The Morgan fingerprint density at radius 3 is 2.36 bits per heavy atom. The van der Waals surface area contributed by atoms with Crippen LogP contribution in [0.4, 0.5) is 5.95 Å². The van der Waals surface area contributed by atoms with Gasteiger partial charge in [0.2, 0.25) is 11.9 Å². The lowest BCUT2D eigenvalue weighted by atomic mass is 9.99. The van der Waals surface area contributed by atoms with E-state index in [9.17, 15) is 4.79 Å². The number of pyridine rings is 1. The molecule has 3 aromatic rings. The molecule has 0 aliphatic rings. The van der Waals surface area contributed by atoms with Crippen molar-refractivity contribution in [3.8, 4) is 11.1 Å². The van der Waals surface area contributed by atoms with E-state index in [4.69, 9.17) is 4.98 Å². The molecule has 0 saturated heterocycles. The first-order chi connectivity index (χ1) is 13.5. The van der Waals surface area contributed by atoms with Gasteiger partial charge in [0.1, 0.15) is 0 Å². The van der Waals surface area contributed by atoms with Crippen molar-refractivity contribution in [1.82, 2.24) is 19.9 Å². The topological polar surface area (TPSA) is 62.2 Å². The van der Waals surface area contributed by atoms with Crippen molar-refractivity contribution in [3.63, 3.8) is 0 Å². The van der Waals surface area contributed by atoms with Crippen molar-refractivity contribution in [2.24, 2.45) is 0 Å². The highest BCUT2D eigenvalue weighted by atomic mass is 16.2. The fourth-order valence-corrected chi connectivity index (χ4v) is 3.03. The second-order valence-corrected chi connectivity index (χ2v) is 6.99. The summed E-state index contributed by atoms with van der Waals surface area (Å²) in [5.41, 5.74) is 3.69. The number of amides is 1. The van der Waals surface area contributed by atoms with Gasteiger partial charge in [-0.1, -0.05) is 30.3 Å². The minimum atomic E-state index is -0.217. The second kappa shape index (κ2) is 8.61. The van der Waals surface area contributed by atoms with Crippen LogP contribution in [0.25, 0.3) is 11.1 Å². The summed E-state index contributed by atoms with van der Waals surface area (Å²) in [5.74, 6) is 0.451. The highest BCUT2D eigenvalue weighted by Gasteiger charge is 2.21. The van der Waals surface area contributed by atoms with Gasteiger partial charge in [0.25, 0.3) is 0 Å². The summed E-state index contributed by atoms with van der Waals surface area (Å²) in [6.07, 6.45) is 5.29. The molecule has 1 amide bonds. The van der Waals surface area contributed by atoms with Gasteiger partial charge in [-0.3, -0.25) is 9.78 Å². The zero-order valence-electron chi connectivity index (χ0n) is 16.7. The molecular formula is C22H25N5O. The van der Waals surface area contributed by atoms with E-state index >= 15 is 0 Å². The second-order valence-electron chi connectivity index (χ2n) is 6.99. The molecule has 1 atom stereocenters. The summed E-state index contributed by atoms with van der Waals surface area (Å²) >= 11 is 0. The van der Waals surface area contributed by atoms with Gasteiger partial charge in [-0.05, 0) is 30.2 Å². The molecule has 0 radical (unpaired) electrons. The Morgan fingerprint density at radius 1 is 1.04 bits per heavy atom. The molecule has 0 aliphatic heterocycles. The predicted octanol–water partition coefficient (Wildman–Crippen LogP) is 3.37. The third kappa shape index (κ3) is 4.34. The highest BCUT2D eigenvalue weighted by molar-refractivity contribution is 5.83. The molecular weight excluding hydrogens is 350 g/mol. The van der Waals surface area contributed by atoms with E-state index in [2.05, 4.69) is 9.97 Å². The van der Waals surface area contributed by atoms with Crippen LogP contribution in [0, 0.1) is 0 Å². The van der Waals surface area contributed by atoms with Crippen molar-refractivity contribution in [2.45, 2.75) is 19.4 Å². The number of benzene rings is 1. The van der Waals surface area contributed by atoms with Crippen molar-refractivity contribution in [2.75, 3.05) is 26.0 Å². The normalized spacial score (nSPS) is 11.7. The van der Waals surface area contributed by atoms with E-state index in [1.165, 1.54) is 0 Å². The average molecular weight is 375 g/mol. The Labute approximate surface area is 165 Å². The minimum absolute atomic E-state index is 0.0527. The third-order valence-electron chi connectivity index (χ3n) is 4.68. The van der Waals surface area contributed by atoms with Gasteiger partial charge in [-0.2, -0.15) is 0 Å². The molecule has 28 heavy (non-hydrogen) atoms. The van der Waals surface area contributed by atoms with Gasteiger partial charge in [0.15, 0.2) is 0 Å². The third-order valence-corrected chi connectivity index (χ3v) is 4.68. The van der Waals surface area contributed by atoms with Crippen LogP contribution < -0.4 is 4.90 Å². The number of carbonyl (C=O) groups excluding carboxylic acids is 1. The summed E-state index contributed by atoms with van der Waals surface area (Å²) < 4.78 is 0. The fourth-order valence-electron chi connectivity index (χ4n) is 3.03. The lowest BCUT2D eigenvalue weighted by Crippen LogP contribution is -2.31. The smallest absolute Gasteiger partial charge is 0.229 e. The maximum Gasteiger partial charge on any atom is 0.229 e. The fraction of sp³-hybridized carbons (Fsp3) is 0.273. The van der Waals surface area contributed by atoms with Gasteiger partial charge >= 0.3 is 0 Å². The van der Waals surface area contributed by atoms with E-state index in [0.29, 0.717) is 12.5 Å². The van der Waals surface area contributed by atoms with Crippen LogP contribution in [0.3, 0.4) is 0 Å². The first-order valence-corrected chi connectivity index (χ1v) is 9.21. The Kier molecular flexibility index (Phi) is 5.99. The van der Waals surface area contributed by atoms with E-state index < -0.39 is 0 Å². The molecule has 6 heteroatoms. The highest BCUT2D eigenvalue weighted by Crippen LogP contribution is 2.25. The number of nitrogens with zero attached hydrogens (tertiary/aromatic N) is 5. The maximum absolute atomic E-state index is 13.0. The summed E-state index contributed by atoms with van der Waals surface area (Å²) in [4.78, 5) is 29.8. The van der Waals surface area contributed by atoms with Gasteiger partial charge in [0.05, 0.1) is 18.2 Å². The zero-order valence-corrected chi connectivity index (χ0v) is 16.7. The molecule has 3 rings (SSSR count). The first-order valence-electron chi connectivity index (χ1n) is 9.21. The van der Waals surface area contributed by atoms with Crippen LogP contribution in [0.5, 0.6) is 0 Å². The van der Waals surface area contributed by atoms with Crippen LogP contribution in [0.15, 0.2) is 61.1 Å². The molecule has 0 spiro atoms. The Hall–Kier alpha value is -3.28. The predicted molar refractivity (Wildman–Crippen MR) is 111 cm³/mol. The number of carbonyl (C=O) groups is 1. The van der Waals surface area contributed by atoms with Crippen molar-refractivity contribution in [1.29, 1.82) is 0 Å². The molecule has 2 heterocycles. The van der Waals surface area contributed by atoms with Crippen LogP contribution in [0.2, 0.25) is 0 Å². The number of aromatic nitrogens is 3. The summed E-state index contributed by atoms with van der Waals surface area (Å²) in [5, 5.41) is 0. The molecule has 6 nitrogen and oxygen atoms in total. The average Bonchev–Trinajstić information content (AvgIpc) is 2.73. The standard InChI is InChI=1S/C22H25N5O/c1-16(17-8-6-5-7-9-17)21(28)27(4)15-20-19(18-10-12-23-13-11-18)14-24-22(25-20)26(2)3/h5-14,16H,15H2,1-4H3. The molecule has 1 aromatic carbocycles. The molecule has 0 saturated carbocycles. The summed E-state index contributed by atoms with van der Waals surface area (Å²) in [7, 11) is 5.62. The minimum Gasteiger partial charge on any atom is -0.347 e. The van der Waals surface area contributed by atoms with Crippen LogP contribution in [-0.2, 0) is 11.3 Å². The molecule has 0 fully saturated rings. The van der Waals surface area contributed by atoms with Gasteiger partial charge < -0.3 is 9.80 Å². The van der Waals surface area contributed by atoms with E-state index in [1.54, 1.807) is 17.3 Å². The molecule has 0 N–H and O–H groups in total. The SMILES string of the molecule is CC(C(=O)N(C)Cc1nc(N(C)C)ncc1-c1ccncc1)c1ccccc1. The number of hydrogen-bond acceptors (Lipinski definition) is 5. The van der Waals surface area contributed by atoms with E-state index in [-0.39, 0.29) is 11.8 Å². The summed E-state index contributed by atoms with van der Waals surface area (Å²) in [6, 6.07) is 13.7. The van der Waals surface area contributed by atoms with Gasteiger partial charge in [-0.25, -0.2) is 9.97 Å².